The molecule has 0 saturated heterocycles. The second kappa shape index (κ2) is 20.1. The summed E-state index contributed by atoms with van der Waals surface area (Å²) in [6.45, 7) is 15.7. The summed E-state index contributed by atoms with van der Waals surface area (Å²) in [5.74, 6) is -0.0124. The molecule has 3 aromatic heterocycles. The molecule has 12 aromatic rings. The zero-order valence-corrected chi connectivity index (χ0v) is 41.4. The van der Waals surface area contributed by atoms with Crippen LogP contribution in [0.15, 0.2) is 218 Å². The molecule has 0 N–H and O–H groups in total. The number of halogens is 3. The highest BCUT2D eigenvalue weighted by Gasteiger charge is 2.35. The van der Waals surface area contributed by atoms with E-state index in [1.165, 1.54) is 12.1 Å². The molecule has 0 unspecified atom stereocenters. The Morgan fingerprint density at radius 3 is 1.06 bits per heavy atom. The number of hydrogen-bond acceptors (Lipinski definition) is 6. The molecular formula is C67H36F3N9. The lowest BCUT2D eigenvalue weighted by atomic mass is 9.98. The monoisotopic (exact) mass is 1020 g/mol. The lowest BCUT2D eigenvalue weighted by Gasteiger charge is -2.21. The summed E-state index contributed by atoms with van der Waals surface area (Å²) in [5.41, 5.74) is 8.77. The van der Waals surface area contributed by atoms with Crippen molar-refractivity contribution in [2.45, 2.75) is 6.18 Å². The van der Waals surface area contributed by atoms with Gasteiger partial charge < -0.3 is 4.57 Å². The third kappa shape index (κ3) is 9.36. The van der Waals surface area contributed by atoms with E-state index in [1.807, 2.05) is 174 Å². The summed E-state index contributed by atoms with van der Waals surface area (Å²) in [5, 5.41) is 21.4. The first-order valence-electron chi connectivity index (χ1n) is 24.8. The largest absolute Gasteiger partial charge is 0.416 e. The number of rotatable bonds is 9. The summed E-state index contributed by atoms with van der Waals surface area (Å²) in [6, 6.07) is 68.9. The highest BCUT2D eigenvalue weighted by molar-refractivity contribution is 6.13. The lowest BCUT2D eigenvalue weighted by molar-refractivity contribution is -0.137. The van der Waals surface area contributed by atoms with Gasteiger partial charge in [-0.15, -0.1) is 0 Å². The maximum atomic E-state index is 16.0. The number of alkyl halides is 3. The summed E-state index contributed by atoms with van der Waals surface area (Å²) < 4.78 is 49.9. The fourth-order valence-electron chi connectivity index (χ4n) is 9.98. The molecule has 12 heteroatoms. The van der Waals surface area contributed by atoms with E-state index in [2.05, 4.69) is 21.8 Å². The molecule has 9 aromatic carbocycles. The van der Waals surface area contributed by atoms with Crippen LogP contribution < -0.4 is 0 Å². The van der Waals surface area contributed by atoms with Gasteiger partial charge in [0, 0.05) is 55.3 Å². The minimum atomic E-state index is -4.89. The van der Waals surface area contributed by atoms with E-state index in [9.17, 15) is 10.5 Å². The Bertz CT molecular complexity index is 4110. The number of hydrogen-bond donors (Lipinski definition) is 0. The van der Waals surface area contributed by atoms with Crippen LogP contribution in [-0.2, 0) is 6.18 Å². The molecule has 0 radical (unpaired) electrons. The van der Waals surface area contributed by atoms with Crippen molar-refractivity contribution in [1.82, 2.24) is 24.5 Å². The van der Waals surface area contributed by atoms with E-state index in [-0.39, 0.29) is 39.8 Å². The molecule has 0 spiro atoms. The molecule has 0 bridgehead atoms. The molecule has 79 heavy (non-hydrogen) atoms. The SMILES string of the molecule is [C-]#[N+]c1cc(C#N)cc(-c2ccc3c(c2)c2cc(-c4cc(C#N)cc([N+]#[C-])c4)ccc2n3-c2c(-c3nc(-c4ccccc4)cc(-c4ccccc4)n3)cc(C(F)(F)F)cc2-c2nc(-c3ccccc3)cc(-c3ccccc3)n2)c1. The van der Waals surface area contributed by atoms with Gasteiger partial charge in [-0.25, -0.2) is 29.6 Å². The number of nitrogens with zero attached hydrogens (tertiary/aromatic N) is 9. The molecule has 370 valence electrons. The van der Waals surface area contributed by atoms with E-state index in [0.29, 0.717) is 100 Å². The van der Waals surface area contributed by atoms with Crippen molar-refractivity contribution in [3.05, 3.63) is 258 Å². The molecule has 0 fully saturated rings. The maximum absolute atomic E-state index is 16.0. The summed E-state index contributed by atoms with van der Waals surface area (Å²) in [6.07, 6.45) is -4.89. The van der Waals surface area contributed by atoms with Gasteiger partial charge in [0.25, 0.3) is 0 Å². The van der Waals surface area contributed by atoms with Gasteiger partial charge in [-0.3, -0.25) is 0 Å². The third-order valence-corrected chi connectivity index (χ3v) is 13.7. The van der Waals surface area contributed by atoms with Crippen LogP contribution in [0.2, 0.25) is 0 Å². The second-order valence-corrected chi connectivity index (χ2v) is 18.6. The van der Waals surface area contributed by atoms with E-state index < -0.39 is 11.7 Å². The fourth-order valence-corrected chi connectivity index (χ4v) is 9.98. The zero-order valence-electron chi connectivity index (χ0n) is 41.4. The first-order chi connectivity index (χ1) is 38.5. The predicted molar refractivity (Wildman–Crippen MR) is 302 cm³/mol. The van der Waals surface area contributed by atoms with E-state index in [0.717, 1.165) is 12.1 Å². The highest BCUT2D eigenvalue weighted by Crippen LogP contribution is 2.46. The summed E-state index contributed by atoms with van der Waals surface area (Å²) in [4.78, 5) is 27.9. The van der Waals surface area contributed by atoms with Crippen molar-refractivity contribution in [1.29, 1.82) is 10.5 Å². The van der Waals surface area contributed by atoms with Gasteiger partial charge >= 0.3 is 6.18 Å². The molecule has 0 atom stereocenters. The first-order valence-corrected chi connectivity index (χ1v) is 24.8. The average molecular weight is 1020 g/mol. The van der Waals surface area contributed by atoms with Gasteiger partial charge in [0.1, 0.15) is 0 Å². The zero-order chi connectivity index (χ0) is 54.2. The van der Waals surface area contributed by atoms with Gasteiger partial charge in [-0.1, -0.05) is 133 Å². The molecular weight excluding hydrogens is 988 g/mol. The van der Waals surface area contributed by atoms with Crippen molar-refractivity contribution in [2.75, 3.05) is 0 Å². The lowest BCUT2D eigenvalue weighted by Crippen LogP contribution is -2.11. The van der Waals surface area contributed by atoms with Crippen molar-refractivity contribution in [2.24, 2.45) is 0 Å². The summed E-state index contributed by atoms with van der Waals surface area (Å²) >= 11 is 0. The van der Waals surface area contributed by atoms with Crippen LogP contribution in [0.5, 0.6) is 0 Å². The Morgan fingerprint density at radius 1 is 0.392 bits per heavy atom. The van der Waals surface area contributed by atoms with Crippen LogP contribution in [0.3, 0.4) is 0 Å². The Labute approximate surface area is 451 Å². The highest BCUT2D eigenvalue weighted by atomic mass is 19.4. The Hall–Kier alpha value is -11.3. The Morgan fingerprint density at radius 2 is 0.747 bits per heavy atom. The normalized spacial score (nSPS) is 11.2. The van der Waals surface area contributed by atoms with Gasteiger partial charge in [-0.05, 0) is 107 Å². The van der Waals surface area contributed by atoms with Crippen molar-refractivity contribution in [3.63, 3.8) is 0 Å². The fraction of sp³-hybridized carbons (Fsp3) is 0.0149. The van der Waals surface area contributed by atoms with Crippen LogP contribution >= 0.6 is 0 Å². The van der Waals surface area contributed by atoms with Crippen LogP contribution in [0.4, 0.5) is 24.5 Å². The molecule has 0 aliphatic heterocycles. The quantitative estimate of drug-likeness (QED) is 0.133. The van der Waals surface area contributed by atoms with Crippen LogP contribution in [0.1, 0.15) is 16.7 Å². The number of aromatic nitrogens is 5. The van der Waals surface area contributed by atoms with Gasteiger partial charge in [0.2, 0.25) is 0 Å². The van der Waals surface area contributed by atoms with E-state index in [1.54, 1.807) is 24.3 Å². The molecule has 0 aliphatic carbocycles. The van der Waals surface area contributed by atoms with Crippen LogP contribution in [-0.4, -0.2) is 24.5 Å². The van der Waals surface area contributed by atoms with Crippen LogP contribution in [0.25, 0.3) is 127 Å². The maximum Gasteiger partial charge on any atom is 0.416 e. The number of fused-ring (bicyclic) bond motifs is 3. The molecule has 0 amide bonds. The van der Waals surface area contributed by atoms with Crippen molar-refractivity contribution < 1.29 is 13.2 Å². The van der Waals surface area contributed by atoms with E-state index >= 15 is 13.2 Å². The van der Waals surface area contributed by atoms with E-state index in [4.69, 9.17) is 33.1 Å². The molecule has 0 saturated carbocycles. The number of benzene rings is 9. The van der Waals surface area contributed by atoms with Gasteiger partial charge in [0.05, 0.1) is 70.3 Å². The summed E-state index contributed by atoms with van der Waals surface area (Å²) in [7, 11) is 0. The molecule has 12 rings (SSSR count). The minimum Gasteiger partial charge on any atom is -0.308 e. The van der Waals surface area contributed by atoms with Gasteiger partial charge in [0.15, 0.2) is 23.0 Å². The topological polar surface area (TPSA) is 113 Å². The van der Waals surface area contributed by atoms with Crippen molar-refractivity contribution >= 4 is 33.2 Å². The first kappa shape index (κ1) is 48.6. The van der Waals surface area contributed by atoms with Crippen LogP contribution in [0, 0.1) is 35.8 Å². The van der Waals surface area contributed by atoms with Gasteiger partial charge in [-0.2, -0.15) is 23.7 Å². The average Bonchev–Trinajstić information content (AvgIpc) is 4.09. The third-order valence-electron chi connectivity index (χ3n) is 13.7. The Balaban J connectivity index is 1.26. The number of nitriles is 2. The molecule has 9 nitrogen and oxygen atoms in total. The molecule has 0 aliphatic rings. The second-order valence-electron chi connectivity index (χ2n) is 18.6. The Kier molecular flexibility index (Phi) is 12.4. The van der Waals surface area contributed by atoms with Crippen molar-refractivity contribution in [3.8, 4) is 108 Å². The molecule has 3 heterocycles. The minimum absolute atomic E-state index is 0.00622. The predicted octanol–water partition coefficient (Wildman–Crippen LogP) is 17.6. The standard InChI is InChI=1S/C67H36F3N9/c1-73-52-29-41(39-71)27-49(31-52)47-23-25-62-54(33-47)55-34-48(50-28-42(40-72)30-53(32-50)74-2)24-26-63(55)79(62)64-56(65-75-58(43-15-7-3-8-16-43)37-59(76-65)44-17-9-4-10-18-44)35-51(67(68,69)70)36-57(64)66-77-60(45-19-11-5-12-20-45)38-61(78-66)46-21-13-6-14-22-46/h3-38H. The smallest absolute Gasteiger partial charge is 0.308 e.